The maximum Gasteiger partial charge on any atom is 0.323 e. The number of nitrogens with one attached hydrogen (secondary N) is 1. The molecule has 0 aliphatic carbocycles. The van der Waals surface area contributed by atoms with E-state index in [4.69, 9.17) is 4.74 Å². The van der Waals surface area contributed by atoms with Crippen LogP contribution in [-0.4, -0.2) is 41.2 Å². The zero-order chi connectivity index (χ0) is 15.7. The van der Waals surface area contributed by atoms with Crippen molar-refractivity contribution in [2.24, 2.45) is 0 Å². The predicted octanol–water partition coefficient (Wildman–Crippen LogP) is 2.88. The quantitative estimate of drug-likeness (QED) is 0.669. The molecule has 21 heavy (non-hydrogen) atoms. The number of rotatable bonds is 10. The third-order valence-electron chi connectivity index (χ3n) is 2.94. The highest BCUT2D eigenvalue weighted by atomic mass is 16.5. The van der Waals surface area contributed by atoms with Crippen LogP contribution in [0.1, 0.15) is 40.5 Å². The minimum absolute atomic E-state index is 0.367. The van der Waals surface area contributed by atoms with Gasteiger partial charge >= 0.3 is 6.01 Å². The van der Waals surface area contributed by atoms with Crippen LogP contribution in [0.2, 0.25) is 0 Å². The second kappa shape index (κ2) is 9.15. The highest BCUT2D eigenvalue weighted by molar-refractivity contribution is 5.38. The summed E-state index contributed by atoms with van der Waals surface area (Å²) in [6.07, 6.45) is 1.81. The first-order valence-electron chi connectivity index (χ1n) is 7.62. The summed E-state index contributed by atoms with van der Waals surface area (Å²) in [6.45, 7) is 15.1. The maximum absolute atomic E-state index is 5.63. The third kappa shape index (κ3) is 5.97. The Morgan fingerprint density at radius 3 is 2.48 bits per heavy atom. The zero-order valence-corrected chi connectivity index (χ0v) is 13.6. The lowest BCUT2D eigenvalue weighted by Gasteiger charge is -2.19. The highest BCUT2D eigenvalue weighted by Gasteiger charge is 2.11. The second-order valence-electron chi connectivity index (χ2n) is 4.90. The van der Waals surface area contributed by atoms with Crippen LogP contribution in [0.4, 0.5) is 11.9 Å². The van der Waals surface area contributed by atoms with Gasteiger partial charge in [-0.2, -0.15) is 15.0 Å². The second-order valence-corrected chi connectivity index (χ2v) is 4.90. The van der Waals surface area contributed by atoms with Crippen LogP contribution in [-0.2, 0) is 0 Å². The highest BCUT2D eigenvalue weighted by Crippen LogP contribution is 2.15. The van der Waals surface area contributed by atoms with E-state index in [9.17, 15) is 0 Å². The topological polar surface area (TPSA) is 63.2 Å². The molecule has 0 aliphatic rings. The van der Waals surface area contributed by atoms with Crippen molar-refractivity contribution in [3.05, 3.63) is 12.2 Å². The normalized spacial score (nSPS) is 10.3. The van der Waals surface area contributed by atoms with E-state index in [1.165, 1.54) is 0 Å². The molecule has 1 heterocycles. The first-order valence-corrected chi connectivity index (χ1v) is 7.62. The Kier molecular flexibility index (Phi) is 7.50. The van der Waals surface area contributed by atoms with E-state index in [0.29, 0.717) is 24.5 Å². The SMILES string of the molecule is C=C(C)CCOc1nc(NCCC)nc(N(CC)CC)n1. The fraction of sp³-hybridized carbons (Fsp3) is 0.667. The van der Waals surface area contributed by atoms with E-state index < -0.39 is 0 Å². The van der Waals surface area contributed by atoms with Gasteiger partial charge in [-0.3, -0.25) is 0 Å². The van der Waals surface area contributed by atoms with E-state index in [-0.39, 0.29) is 0 Å². The Bertz CT molecular complexity index is 446. The maximum atomic E-state index is 5.63. The number of ether oxygens (including phenoxy) is 1. The van der Waals surface area contributed by atoms with Crippen LogP contribution in [0.15, 0.2) is 12.2 Å². The van der Waals surface area contributed by atoms with Crippen molar-refractivity contribution >= 4 is 11.9 Å². The lowest BCUT2D eigenvalue weighted by molar-refractivity contribution is 0.295. The Hall–Kier alpha value is -1.85. The fourth-order valence-corrected chi connectivity index (χ4v) is 1.69. The number of hydrogen-bond donors (Lipinski definition) is 1. The third-order valence-corrected chi connectivity index (χ3v) is 2.94. The molecule has 0 amide bonds. The number of anilines is 2. The molecule has 0 radical (unpaired) electrons. The average molecular weight is 293 g/mol. The Labute approximate surface area is 127 Å². The van der Waals surface area contributed by atoms with E-state index in [1.807, 2.05) is 6.92 Å². The van der Waals surface area contributed by atoms with Gasteiger partial charge in [-0.25, -0.2) is 0 Å². The van der Waals surface area contributed by atoms with Crippen molar-refractivity contribution in [2.75, 3.05) is 36.5 Å². The van der Waals surface area contributed by atoms with E-state index in [2.05, 4.69) is 52.5 Å². The van der Waals surface area contributed by atoms with Crippen molar-refractivity contribution < 1.29 is 4.74 Å². The lowest BCUT2D eigenvalue weighted by Crippen LogP contribution is -2.25. The van der Waals surface area contributed by atoms with Crippen molar-refractivity contribution in [3.8, 4) is 6.01 Å². The Morgan fingerprint density at radius 1 is 1.19 bits per heavy atom. The summed E-state index contributed by atoms with van der Waals surface area (Å²) in [6, 6.07) is 0.367. The van der Waals surface area contributed by atoms with Crippen LogP contribution < -0.4 is 15.0 Å². The van der Waals surface area contributed by atoms with E-state index >= 15 is 0 Å². The standard InChI is InChI=1S/C15H27N5O/c1-6-10-16-13-17-14(20(7-2)8-3)19-15(18-13)21-11-9-12(4)5/h4,6-11H2,1-3,5H3,(H,16,17,18,19). The van der Waals surface area contributed by atoms with Crippen LogP contribution >= 0.6 is 0 Å². The lowest BCUT2D eigenvalue weighted by atomic mass is 10.3. The molecule has 1 aromatic rings. The van der Waals surface area contributed by atoms with Gasteiger partial charge in [0.15, 0.2) is 0 Å². The zero-order valence-electron chi connectivity index (χ0n) is 13.6. The molecule has 1 aromatic heterocycles. The minimum atomic E-state index is 0.367. The molecule has 0 bridgehead atoms. The van der Waals surface area contributed by atoms with Crippen molar-refractivity contribution in [3.63, 3.8) is 0 Å². The molecule has 0 saturated heterocycles. The van der Waals surface area contributed by atoms with Crippen molar-refractivity contribution in [1.82, 2.24) is 15.0 Å². The summed E-state index contributed by atoms with van der Waals surface area (Å²) in [5.74, 6) is 1.22. The van der Waals surface area contributed by atoms with Crippen molar-refractivity contribution in [2.45, 2.75) is 40.5 Å². The molecule has 0 spiro atoms. The largest absolute Gasteiger partial charge is 0.463 e. The molecular formula is C15H27N5O. The molecular weight excluding hydrogens is 266 g/mol. The molecule has 1 rings (SSSR count). The van der Waals surface area contributed by atoms with Gasteiger partial charge in [-0.15, -0.1) is 6.58 Å². The molecule has 0 unspecified atom stereocenters. The van der Waals surface area contributed by atoms with Crippen molar-refractivity contribution in [1.29, 1.82) is 0 Å². The monoisotopic (exact) mass is 293 g/mol. The first kappa shape index (κ1) is 17.2. The molecule has 0 aliphatic heterocycles. The van der Waals surface area contributed by atoms with Crippen LogP contribution in [0.25, 0.3) is 0 Å². The summed E-state index contributed by atoms with van der Waals surface area (Å²) in [5.41, 5.74) is 1.08. The number of nitrogens with zero attached hydrogens (tertiary/aromatic N) is 4. The van der Waals surface area contributed by atoms with Gasteiger partial charge < -0.3 is 15.0 Å². The smallest absolute Gasteiger partial charge is 0.323 e. The van der Waals surface area contributed by atoms with Gasteiger partial charge in [-0.1, -0.05) is 12.5 Å². The van der Waals surface area contributed by atoms with Crippen LogP contribution in [0.5, 0.6) is 6.01 Å². The van der Waals surface area contributed by atoms with Gasteiger partial charge in [0.05, 0.1) is 6.61 Å². The number of hydrogen-bond acceptors (Lipinski definition) is 6. The summed E-state index contributed by atoms with van der Waals surface area (Å²) in [7, 11) is 0. The van der Waals surface area contributed by atoms with Gasteiger partial charge in [0, 0.05) is 26.1 Å². The fourth-order valence-electron chi connectivity index (χ4n) is 1.69. The minimum Gasteiger partial charge on any atom is -0.463 e. The molecule has 0 fully saturated rings. The van der Waals surface area contributed by atoms with Gasteiger partial charge in [0.25, 0.3) is 0 Å². The molecule has 1 N–H and O–H groups in total. The van der Waals surface area contributed by atoms with Gasteiger partial charge in [0.1, 0.15) is 0 Å². The van der Waals surface area contributed by atoms with E-state index in [0.717, 1.165) is 38.0 Å². The van der Waals surface area contributed by atoms with Crippen LogP contribution in [0.3, 0.4) is 0 Å². The summed E-state index contributed by atoms with van der Waals surface area (Å²) < 4.78 is 5.63. The first-order chi connectivity index (χ1) is 10.1. The van der Waals surface area contributed by atoms with E-state index in [1.54, 1.807) is 0 Å². The number of aromatic nitrogens is 3. The predicted molar refractivity (Wildman–Crippen MR) is 87.1 cm³/mol. The summed E-state index contributed by atoms with van der Waals surface area (Å²) >= 11 is 0. The molecule has 6 nitrogen and oxygen atoms in total. The molecule has 0 atom stereocenters. The van der Waals surface area contributed by atoms with Gasteiger partial charge in [0.2, 0.25) is 11.9 Å². The Balaban J connectivity index is 2.88. The Morgan fingerprint density at radius 2 is 1.90 bits per heavy atom. The molecule has 118 valence electrons. The van der Waals surface area contributed by atoms with Crippen LogP contribution in [0, 0.1) is 0 Å². The molecule has 0 saturated carbocycles. The summed E-state index contributed by atoms with van der Waals surface area (Å²) in [5, 5.41) is 3.19. The molecule has 0 aromatic carbocycles. The summed E-state index contributed by atoms with van der Waals surface area (Å²) in [4.78, 5) is 15.2. The molecule has 6 heteroatoms. The van der Waals surface area contributed by atoms with Gasteiger partial charge in [-0.05, 0) is 27.2 Å². The average Bonchev–Trinajstić information content (AvgIpc) is 2.46.